The highest BCUT2D eigenvalue weighted by Crippen LogP contribution is 2.24. The number of imidazole rings is 1. The van der Waals surface area contributed by atoms with E-state index in [9.17, 15) is 9.59 Å². The summed E-state index contributed by atoms with van der Waals surface area (Å²) in [7, 11) is 1.26. The normalized spacial score (nSPS) is 13.9. The van der Waals surface area contributed by atoms with Crippen molar-refractivity contribution in [2.24, 2.45) is 0 Å². The first-order chi connectivity index (χ1) is 12.5. The minimum absolute atomic E-state index is 0.201. The lowest BCUT2D eigenvalue weighted by Crippen LogP contribution is -2.54. The summed E-state index contributed by atoms with van der Waals surface area (Å²) in [6, 6.07) is 0. The Hall–Kier alpha value is -2.43. The molecule has 27 heavy (non-hydrogen) atoms. The van der Waals surface area contributed by atoms with Gasteiger partial charge in [-0.15, -0.1) is 0 Å². The number of nitrogen functional groups attached to an aromatic ring is 1. The Balaban J connectivity index is 2.25. The van der Waals surface area contributed by atoms with Gasteiger partial charge >= 0.3 is 12.1 Å². The maximum absolute atomic E-state index is 12.3. The van der Waals surface area contributed by atoms with E-state index in [1.165, 1.54) is 13.4 Å². The summed E-state index contributed by atoms with van der Waals surface area (Å²) in [6.45, 7) is 7.08. The Morgan fingerprint density at radius 3 is 2.56 bits per heavy atom. The third-order valence-electron chi connectivity index (χ3n) is 3.76. The van der Waals surface area contributed by atoms with Crippen LogP contribution in [0.25, 0.3) is 11.2 Å². The Bertz CT molecular complexity index is 862. The van der Waals surface area contributed by atoms with E-state index in [-0.39, 0.29) is 12.2 Å². The van der Waals surface area contributed by atoms with E-state index in [1.54, 1.807) is 32.3 Å². The maximum atomic E-state index is 12.3. The molecule has 0 aliphatic carbocycles. The quantitative estimate of drug-likeness (QED) is 0.530. The first-order valence-corrected chi connectivity index (χ1v) is 8.98. The summed E-state index contributed by atoms with van der Waals surface area (Å²) in [6.07, 6.45) is 0.824. The van der Waals surface area contributed by atoms with Crippen LogP contribution in [0.3, 0.4) is 0 Å². The lowest BCUT2D eigenvalue weighted by Gasteiger charge is -2.29. The number of nitrogens with two attached hydrogens (primary N) is 1. The molecule has 0 radical (unpaired) electrons. The lowest BCUT2D eigenvalue weighted by molar-refractivity contribution is -0.148. The van der Waals surface area contributed by atoms with Crippen molar-refractivity contribution in [2.45, 2.75) is 51.8 Å². The number of esters is 1. The molecule has 11 heteroatoms. The van der Waals surface area contributed by atoms with Crippen LogP contribution in [-0.4, -0.2) is 49.8 Å². The fraction of sp³-hybridized carbons (Fsp3) is 0.562. The van der Waals surface area contributed by atoms with E-state index in [4.69, 9.17) is 15.2 Å². The van der Waals surface area contributed by atoms with Gasteiger partial charge in [-0.1, -0.05) is 0 Å². The molecule has 0 aliphatic rings. The molecule has 0 bridgehead atoms. The van der Waals surface area contributed by atoms with Gasteiger partial charge in [0.1, 0.15) is 17.5 Å². The van der Waals surface area contributed by atoms with Crippen LogP contribution in [0, 0.1) is 0 Å². The summed E-state index contributed by atoms with van der Waals surface area (Å²) < 4.78 is 12.3. The number of alkyl carbamates (subject to hydrolysis) is 1. The van der Waals surface area contributed by atoms with Gasteiger partial charge in [-0.05, 0) is 50.0 Å². The number of aromatic nitrogens is 4. The van der Waals surface area contributed by atoms with Crippen molar-refractivity contribution in [3.8, 4) is 0 Å². The molecular weight excluding hydrogens is 420 g/mol. The monoisotopic (exact) mass is 442 g/mol. The van der Waals surface area contributed by atoms with Gasteiger partial charge in [0.2, 0.25) is 0 Å². The predicted molar refractivity (Wildman–Crippen MR) is 102 cm³/mol. The van der Waals surface area contributed by atoms with E-state index in [2.05, 4.69) is 36.2 Å². The number of aryl methyl sites for hydroxylation is 1. The molecule has 148 valence electrons. The van der Waals surface area contributed by atoms with Crippen LogP contribution in [-0.2, 0) is 20.8 Å². The van der Waals surface area contributed by atoms with Crippen LogP contribution in [0.15, 0.2) is 11.1 Å². The average molecular weight is 443 g/mol. The van der Waals surface area contributed by atoms with E-state index < -0.39 is 23.2 Å². The van der Waals surface area contributed by atoms with E-state index >= 15 is 0 Å². The zero-order valence-electron chi connectivity index (χ0n) is 15.9. The molecule has 3 N–H and O–H groups in total. The summed E-state index contributed by atoms with van der Waals surface area (Å²) in [5.74, 6) is -0.342. The largest absolute Gasteiger partial charge is 0.467 e. The number of anilines is 1. The minimum Gasteiger partial charge on any atom is -0.467 e. The Kier molecular flexibility index (Phi) is 5.93. The lowest BCUT2D eigenvalue weighted by atomic mass is 9.98. The molecule has 1 amide bonds. The molecule has 2 aromatic rings. The second-order valence-electron chi connectivity index (χ2n) is 7.16. The van der Waals surface area contributed by atoms with Gasteiger partial charge in [0.05, 0.1) is 7.11 Å². The van der Waals surface area contributed by atoms with Crippen molar-refractivity contribution < 1.29 is 19.1 Å². The predicted octanol–water partition coefficient (Wildman–Crippen LogP) is 2.02. The maximum Gasteiger partial charge on any atom is 0.408 e. The summed E-state index contributed by atoms with van der Waals surface area (Å²) in [4.78, 5) is 36.9. The summed E-state index contributed by atoms with van der Waals surface area (Å²) >= 11 is 3.36. The van der Waals surface area contributed by atoms with E-state index in [0.29, 0.717) is 22.4 Å². The SMILES string of the molecule is COC(=O)C(C)(CCn1c(Br)nc2c(N)ncnc21)NC(=O)OC(C)(C)C. The molecule has 0 aromatic carbocycles. The van der Waals surface area contributed by atoms with Gasteiger partial charge in [-0.25, -0.2) is 24.5 Å². The van der Waals surface area contributed by atoms with Crippen molar-refractivity contribution in [1.82, 2.24) is 24.8 Å². The summed E-state index contributed by atoms with van der Waals surface area (Å²) in [5, 5.41) is 2.60. The van der Waals surface area contributed by atoms with Gasteiger partial charge in [0.15, 0.2) is 21.7 Å². The molecule has 0 saturated carbocycles. The number of fused-ring (bicyclic) bond motifs is 1. The highest BCUT2D eigenvalue weighted by Gasteiger charge is 2.37. The molecule has 1 unspecified atom stereocenters. The molecule has 2 heterocycles. The van der Waals surface area contributed by atoms with Crippen LogP contribution < -0.4 is 11.1 Å². The van der Waals surface area contributed by atoms with Gasteiger partial charge in [-0.2, -0.15) is 0 Å². The number of halogens is 1. The van der Waals surface area contributed by atoms with Crippen molar-refractivity contribution in [3.05, 3.63) is 11.1 Å². The van der Waals surface area contributed by atoms with Crippen LogP contribution in [0.1, 0.15) is 34.1 Å². The number of hydrogen-bond acceptors (Lipinski definition) is 8. The highest BCUT2D eigenvalue weighted by atomic mass is 79.9. The number of rotatable bonds is 5. The van der Waals surface area contributed by atoms with Crippen LogP contribution in [0.5, 0.6) is 0 Å². The van der Waals surface area contributed by atoms with Crippen LogP contribution in [0.2, 0.25) is 0 Å². The van der Waals surface area contributed by atoms with Gasteiger partial charge in [0, 0.05) is 6.54 Å². The zero-order valence-corrected chi connectivity index (χ0v) is 17.5. The van der Waals surface area contributed by atoms with Crippen LogP contribution >= 0.6 is 15.9 Å². The summed E-state index contributed by atoms with van der Waals surface area (Å²) in [5.41, 5.74) is 4.77. The first-order valence-electron chi connectivity index (χ1n) is 8.18. The van der Waals surface area contributed by atoms with Gasteiger partial charge in [0.25, 0.3) is 0 Å². The molecule has 10 nitrogen and oxygen atoms in total. The van der Waals surface area contributed by atoms with Crippen molar-refractivity contribution in [1.29, 1.82) is 0 Å². The van der Waals surface area contributed by atoms with E-state index in [0.717, 1.165) is 0 Å². The molecule has 0 fully saturated rings. The number of nitrogens with zero attached hydrogens (tertiary/aromatic N) is 4. The Labute approximate surface area is 165 Å². The molecular formula is C16H23BrN6O4. The number of hydrogen-bond donors (Lipinski definition) is 2. The standard InChI is InChI=1S/C16H23BrN6O4/c1-15(2,3)27-14(25)22-16(4,12(24)26-5)6-7-23-11-9(21-13(23)17)10(18)19-8-20-11/h8H,6-7H2,1-5H3,(H,22,25)(H2,18,19,20). The Morgan fingerprint density at radius 2 is 1.96 bits per heavy atom. The van der Waals surface area contributed by atoms with Crippen molar-refractivity contribution in [2.75, 3.05) is 12.8 Å². The highest BCUT2D eigenvalue weighted by molar-refractivity contribution is 9.10. The number of carbonyl (C=O) groups excluding carboxylic acids is 2. The number of amides is 1. The smallest absolute Gasteiger partial charge is 0.408 e. The van der Waals surface area contributed by atoms with Crippen molar-refractivity contribution in [3.63, 3.8) is 0 Å². The first kappa shape index (κ1) is 20.9. The molecule has 0 aliphatic heterocycles. The minimum atomic E-state index is -1.31. The molecule has 2 rings (SSSR count). The number of ether oxygens (including phenoxy) is 2. The third kappa shape index (κ3) is 4.85. The third-order valence-corrected chi connectivity index (χ3v) is 4.37. The molecule has 0 saturated heterocycles. The van der Waals surface area contributed by atoms with E-state index in [1.807, 2.05) is 0 Å². The van der Waals surface area contributed by atoms with Gasteiger partial charge < -0.3 is 25.1 Å². The number of nitrogens with one attached hydrogen (secondary N) is 1. The number of carbonyl (C=O) groups is 2. The second kappa shape index (κ2) is 7.67. The average Bonchev–Trinajstić information content (AvgIpc) is 2.87. The zero-order chi connectivity index (χ0) is 20.4. The molecule has 0 spiro atoms. The number of methoxy groups -OCH3 is 1. The molecule has 1 atom stereocenters. The van der Waals surface area contributed by atoms with Crippen LogP contribution in [0.4, 0.5) is 10.6 Å². The second-order valence-corrected chi connectivity index (χ2v) is 7.87. The fourth-order valence-electron chi connectivity index (χ4n) is 2.43. The molecule has 2 aromatic heterocycles. The van der Waals surface area contributed by atoms with Gasteiger partial charge in [-0.3, -0.25) is 0 Å². The van der Waals surface area contributed by atoms with Crippen molar-refractivity contribution >= 4 is 45.0 Å². The fourth-order valence-corrected chi connectivity index (χ4v) is 2.95. The topological polar surface area (TPSA) is 134 Å². The Morgan fingerprint density at radius 1 is 1.30 bits per heavy atom.